The number of carbonyl (C=O) groups is 1. The van der Waals surface area contributed by atoms with Crippen molar-refractivity contribution in [3.05, 3.63) is 21.3 Å². The van der Waals surface area contributed by atoms with Gasteiger partial charge in [-0.15, -0.1) is 11.3 Å². The Morgan fingerprint density at radius 1 is 1.50 bits per heavy atom. The fourth-order valence-electron chi connectivity index (χ4n) is 1.98. The van der Waals surface area contributed by atoms with Crippen molar-refractivity contribution in [2.45, 2.75) is 39.2 Å². The van der Waals surface area contributed by atoms with Crippen LogP contribution in [0.25, 0.3) is 0 Å². The molecule has 0 spiro atoms. The number of ketones is 1. The second-order valence-electron chi connectivity index (χ2n) is 5.41. The minimum absolute atomic E-state index is 0.211. The Kier molecular flexibility index (Phi) is 4.82. The van der Waals surface area contributed by atoms with Gasteiger partial charge in [-0.05, 0) is 43.9 Å². The molecule has 2 rings (SSSR count). The maximum atomic E-state index is 12.2. The van der Waals surface area contributed by atoms with Gasteiger partial charge in [-0.1, -0.05) is 25.4 Å². The monoisotopic (exact) mass is 285 g/mol. The van der Waals surface area contributed by atoms with Crippen LogP contribution in [0.3, 0.4) is 0 Å². The summed E-state index contributed by atoms with van der Waals surface area (Å²) in [5.74, 6) is 0.903. The van der Waals surface area contributed by atoms with E-state index >= 15 is 0 Å². The molecular weight excluding hydrogens is 266 g/mol. The standard InChI is InChI=1S/C14H20ClNOS/c1-10(2)7-8-16(11-3-4-11)9-12(17)13-5-6-14(15)18-13/h5-6,10-11H,3-4,7-9H2,1-2H3. The number of carbonyl (C=O) groups excluding carboxylic acids is 1. The summed E-state index contributed by atoms with van der Waals surface area (Å²) in [7, 11) is 0. The number of Topliss-reactive ketones (excluding diaryl/α,β-unsaturated/α-hetero) is 1. The highest BCUT2D eigenvalue weighted by Gasteiger charge is 2.30. The fourth-order valence-corrected chi connectivity index (χ4v) is 2.95. The van der Waals surface area contributed by atoms with E-state index in [0.29, 0.717) is 22.8 Å². The first-order chi connectivity index (χ1) is 8.56. The lowest BCUT2D eigenvalue weighted by atomic mass is 10.1. The molecule has 0 bridgehead atoms. The van der Waals surface area contributed by atoms with E-state index in [1.165, 1.54) is 24.2 Å². The van der Waals surface area contributed by atoms with Gasteiger partial charge >= 0.3 is 0 Å². The van der Waals surface area contributed by atoms with Gasteiger partial charge in [0.25, 0.3) is 0 Å². The van der Waals surface area contributed by atoms with Crippen LogP contribution in [0.15, 0.2) is 12.1 Å². The van der Waals surface area contributed by atoms with E-state index in [2.05, 4.69) is 18.7 Å². The molecule has 1 aromatic rings. The maximum Gasteiger partial charge on any atom is 0.186 e. The molecule has 0 atom stereocenters. The third-order valence-corrected chi connectivity index (χ3v) is 4.52. The minimum atomic E-state index is 0.211. The van der Waals surface area contributed by atoms with E-state index in [4.69, 9.17) is 11.6 Å². The molecule has 0 aromatic carbocycles. The number of rotatable bonds is 7. The molecule has 0 saturated heterocycles. The van der Waals surface area contributed by atoms with Crippen LogP contribution < -0.4 is 0 Å². The van der Waals surface area contributed by atoms with Gasteiger partial charge in [-0.2, -0.15) is 0 Å². The van der Waals surface area contributed by atoms with Gasteiger partial charge in [0.1, 0.15) is 0 Å². The molecule has 100 valence electrons. The van der Waals surface area contributed by atoms with E-state index in [1.807, 2.05) is 6.07 Å². The molecule has 1 fully saturated rings. The highest BCUT2D eigenvalue weighted by Crippen LogP contribution is 2.28. The van der Waals surface area contributed by atoms with Crippen LogP contribution in [0.1, 0.15) is 42.8 Å². The molecule has 0 amide bonds. The van der Waals surface area contributed by atoms with Crippen LogP contribution in [-0.4, -0.2) is 29.8 Å². The number of hydrogen-bond donors (Lipinski definition) is 0. The average molecular weight is 286 g/mol. The van der Waals surface area contributed by atoms with E-state index < -0.39 is 0 Å². The first-order valence-corrected chi connectivity index (χ1v) is 7.78. The third-order valence-electron chi connectivity index (χ3n) is 3.25. The third kappa shape index (κ3) is 4.08. The average Bonchev–Trinajstić information content (AvgIpc) is 3.06. The smallest absolute Gasteiger partial charge is 0.186 e. The van der Waals surface area contributed by atoms with Crippen molar-refractivity contribution in [2.75, 3.05) is 13.1 Å². The molecule has 18 heavy (non-hydrogen) atoms. The molecule has 0 aliphatic heterocycles. The molecule has 1 saturated carbocycles. The first-order valence-electron chi connectivity index (χ1n) is 6.59. The zero-order valence-electron chi connectivity index (χ0n) is 11.0. The van der Waals surface area contributed by atoms with Crippen LogP contribution in [0.2, 0.25) is 4.34 Å². The molecule has 0 radical (unpaired) electrons. The normalized spacial score (nSPS) is 15.6. The highest BCUT2D eigenvalue weighted by atomic mass is 35.5. The minimum Gasteiger partial charge on any atom is -0.293 e. The largest absolute Gasteiger partial charge is 0.293 e. The molecule has 1 aliphatic rings. The molecule has 1 aliphatic carbocycles. The van der Waals surface area contributed by atoms with Crippen molar-refractivity contribution in [1.29, 1.82) is 0 Å². The summed E-state index contributed by atoms with van der Waals surface area (Å²) in [6, 6.07) is 4.28. The Balaban J connectivity index is 1.90. The highest BCUT2D eigenvalue weighted by molar-refractivity contribution is 7.18. The summed E-state index contributed by atoms with van der Waals surface area (Å²) in [4.78, 5) is 15.3. The van der Waals surface area contributed by atoms with Gasteiger partial charge in [0.2, 0.25) is 0 Å². The molecule has 1 aromatic heterocycles. The lowest BCUT2D eigenvalue weighted by molar-refractivity contribution is 0.0924. The Labute approximate surface area is 118 Å². The van der Waals surface area contributed by atoms with Crippen molar-refractivity contribution in [3.63, 3.8) is 0 Å². The van der Waals surface area contributed by atoms with E-state index in [1.54, 1.807) is 6.07 Å². The number of nitrogens with zero attached hydrogens (tertiary/aromatic N) is 1. The van der Waals surface area contributed by atoms with Crippen molar-refractivity contribution in [2.24, 2.45) is 5.92 Å². The zero-order valence-corrected chi connectivity index (χ0v) is 12.6. The van der Waals surface area contributed by atoms with E-state index in [-0.39, 0.29) is 5.78 Å². The van der Waals surface area contributed by atoms with Gasteiger partial charge in [-0.3, -0.25) is 9.69 Å². The number of thiophene rings is 1. The second-order valence-corrected chi connectivity index (χ2v) is 7.13. The van der Waals surface area contributed by atoms with Crippen LogP contribution >= 0.6 is 22.9 Å². The van der Waals surface area contributed by atoms with Gasteiger partial charge in [0.15, 0.2) is 5.78 Å². The molecule has 0 N–H and O–H groups in total. The lowest BCUT2D eigenvalue weighted by Gasteiger charge is -2.21. The summed E-state index contributed by atoms with van der Waals surface area (Å²) >= 11 is 7.25. The van der Waals surface area contributed by atoms with Crippen molar-refractivity contribution >= 4 is 28.7 Å². The Morgan fingerprint density at radius 2 is 2.22 bits per heavy atom. The molecule has 1 heterocycles. The summed E-state index contributed by atoms with van der Waals surface area (Å²) in [5, 5.41) is 0. The molecule has 0 unspecified atom stereocenters. The maximum absolute atomic E-state index is 12.2. The number of halogens is 1. The second kappa shape index (κ2) is 6.18. The predicted octanol–water partition coefficient (Wildman–Crippen LogP) is 4.09. The topological polar surface area (TPSA) is 20.3 Å². The van der Waals surface area contributed by atoms with Gasteiger partial charge in [0.05, 0.1) is 15.8 Å². The predicted molar refractivity (Wildman–Crippen MR) is 77.7 cm³/mol. The summed E-state index contributed by atoms with van der Waals surface area (Å²) in [6.07, 6.45) is 3.65. The SMILES string of the molecule is CC(C)CCN(CC(=O)c1ccc(Cl)s1)C1CC1. The van der Waals surface area contributed by atoms with Gasteiger partial charge < -0.3 is 0 Å². The van der Waals surface area contributed by atoms with Crippen molar-refractivity contribution in [3.8, 4) is 0 Å². The Bertz CT molecular complexity index is 412. The van der Waals surface area contributed by atoms with E-state index in [0.717, 1.165) is 17.8 Å². The van der Waals surface area contributed by atoms with Crippen LogP contribution in [-0.2, 0) is 0 Å². The van der Waals surface area contributed by atoms with Crippen molar-refractivity contribution in [1.82, 2.24) is 4.90 Å². The summed E-state index contributed by atoms with van der Waals surface area (Å²) in [6.45, 7) is 6.04. The first kappa shape index (κ1) is 14.0. The molecular formula is C14H20ClNOS. The molecule has 2 nitrogen and oxygen atoms in total. The zero-order chi connectivity index (χ0) is 13.1. The fraction of sp³-hybridized carbons (Fsp3) is 0.643. The lowest BCUT2D eigenvalue weighted by Crippen LogP contribution is -2.33. The van der Waals surface area contributed by atoms with Crippen LogP contribution in [0.5, 0.6) is 0 Å². The van der Waals surface area contributed by atoms with Crippen LogP contribution in [0, 0.1) is 5.92 Å². The quantitative estimate of drug-likeness (QED) is 0.703. The summed E-state index contributed by atoms with van der Waals surface area (Å²) in [5.41, 5.74) is 0. The van der Waals surface area contributed by atoms with Crippen molar-refractivity contribution < 1.29 is 4.79 Å². The Hall–Kier alpha value is -0.380. The Morgan fingerprint density at radius 3 is 2.72 bits per heavy atom. The van der Waals surface area contributed by atoms with Crippen LogP contribution in [0.4, 0.5) is 0 Å². The van der Waals surface area contributed by atoms with Gasteiger partial charge in [-0.25, -0.2) is 0 Å². The van der Waals surface area contributed by atoms with E-state index in [9.17, 15) is 4.79 Å². The summed E-state index contributed by atoms with van der Waals surface area (Å²) < 4.78 is 0.693. The van der Waals surface area contributed by atoms with Gasteiger partial charge in [0, 0.05) is 6.04 Å². The number of hydrogen-bond acceptors (Lipinski definition) is 3. The molecule has 4 heteroatoms.